The van der Waals surface area contributed by atoms with E-state index in [2.05, 4.69) is 26.0 Å². The van der Waals surface area contributed by atoms with E-state index >= 15 is 0 Å². The molecule has 2 aromatic rings. The highest BCUT2D eigenvalue weighted by Crippen LogP contribution is 2.38. The summed E-state index contributed by atoms with van der Waals surface area (Å²) in [5, 5.41) is 0. The van der Waals surface area contributed by atoms with E-state index < -0.39 is 12.3 Å². The van der Waals surface area contributed by atoms with E-state index in [4.69, 9.17) is 20.9 Å². The fourth-order valence-corrected chi connectivity index (χ4v) is 4.85. The summed E-state index contributed by atoms with van der Waals surface area (Å²) >= 11 is 0. The first-order valence-electron chi connectivity index (χ1n) is 12.6. The third kappa shape index (κ3) is 7.69. The Kier molecular flexibility index (Phi) is 9.47. The first-order chi connectivity index (χ1) is 16.0. The topological polar surface area (TPSA) is 87.6 Å². The van der Waals surface area contributed by atoms with Gasteiger partial charge in [-0.3, -0.25) is 0 Å². The van der Waals surface area contributed by atoms with Crippen molar-refractivity contribution in [3.8, 4) is 5.75 Å². The standard InChI is InChI=1S/C28H40N2O3/c1-3-5-6-8-27(33-28(31)23-17-24(29)19-25(30)18-23)32-26-15-13-22(14-16-26)21-11-9-20(7-4-2)10-12-21/h13-21,27H,3-12,29-30H2,1-2H3/t20-,21-,27?. The van der Waals surface area contributed by atoms with Gasteiger partial charge in [0.15, 0.2) is 0 Å². The highest BCUT2D eigenvalue weighted by molar-refractivity contribution is 5.91. The molecule has 0 saturated heterocycles. The monoisotopic (exact) mass is 452 g/mol. The Morgan fingerprint density at radius 3 is 2.21 bits per heavy atom. The van der Waals surface area contributed by atoms with Crippen LogP contribution in [0.2, 0.25) is 0 Å². The summed E-state index contributed by atoms with van der Waals surface area (Å²) in [7, 11) is 0. The van der Waals surface area contributed by atoms with Crippen LogP contribution in [-0.2, 0) is 4.74 Å². The summed E-state index contributed by atoms with van der Waals surface area (Å²) in [6.45, 7) is 4.42. The van der Waals surface area contributed by atoms with Crippen molar-refractivity contribution in [1.82, 2.24) is 0 Å². The second-order valence-electron chi connectivity index (χ2n) is 9.41. The number of anilines is 2. The largest absolute Gasteiger partial charge is 0.455 e. The zero-order valence-corrected chi connectivity index (χ0v) is 20.2. The van der Waals surface area contributed by atoms with Crippen LogP contribution in [0.1, 0.15) is 99.9 Å². The van der Waals surface area contributed by atoms with E-state index in [1.165, 1.54) is 44.1 Å². The van der Waals surface area contributed by atoms with Gasteiger partial charge in [0.25, 0.3) is 0 Å². The number of nitrogens with two attached hydrogens (primary N) is 2. The minimum atomic E-state index is -0.651. The number of carbonyl (C=O) groups is 1. The summed E-state index contributed by atoms with van der Waals surface area (Å²) < 4.78 is 11.8. The molecule has 1 aliphatic rings. The molecule has 0 amide bonds. The van der Waals surface area contributed by atoms with Crippen LogP contribution in [0.15, 0.2) is 42.5 Å². The summed E-state index contributed by atoms with van der Waals surface area (Å²) in [6, 6.07) is 13.1. The molecule has 4 N–H and O–H groups in total. The van der Waals surface area contributed by atoms with Crippen LogP contribution >= 0.6 is 0 Å². The molecule has 33 heavy (non-hydrogen) atoms. The fourth-order valence-electron chi connectivity index (χ4n) is 4.85. The van der Waals surface area contributed by atoms with Crippen molar-refractivity contribution in [3.63, 3.8) is 0 Å². The van der Waals surface area contributed by atoms with Crippen molar-refractivity contribution < 1.29 is 14.3 Å². The van der Waals surface area contributed by atoms with Gasteiger partial charge in [0.05, 0.1) is 5.56 Å². The number of hydrogen-bond acceptors (Lipinski definition) is 5. The lowest BCUT2D eigenvalue weighted by Crippen LogP contribution is -2.24. The average molecular weight is 453 g/mol. The molecule has 5 nitrogen and oxygen atoms in total. The zero-order valence-electron chi connectivity index (χ0n) is 20.2. The fraction of sp³-hybridized carbons (Fsp3) is 0.536. The van der Waals surface area contributed by atoms with Gasteiger partial charge in [-0.15, -0.1) is 0 Å². The molecule has 1 fully saturated rings. The Morgan fingerprint density at radius 2 is 1.61 bits per heavy atom. The lowest BCUT2D eigenvalue weighted by Gasteiger charge is -2.28. The van der Waals surface area contributed by atoms with Gasteiger partial charge in [-0.1, -0.05) is 51.7 Å². The molecular formula is C28H40N2O3. The number of carbonyl (C=O) groups excluding carboxylic acids is 1. The van der Waals surface area contributed by atoms with E-state index in [1.807, 2.05) is 12.1 Å². The molecule has 0 aliphatic heterocycles. The maximum Gasteiger partial charge on any atom is 0.341 e. The molecule has 1 aliphatic carbocycles. The minimum Gasteiger partial charge on any atom is -0.455 e. The van der Waals surface area contributed by atoms with Crippen molar-refractivity contribution in [2.24, 2.45) is 5.92 Å². The number of nitrogen functional groups attached to an aromatic ring is 2. The Bertz CT molecular complexity index is 853. The van der Waals surface area contributed by atoms with Crippen LogP contribution in [0.3, 0.4) is 0 Å². The molecular weight excluding hydrogens is 412 g/mol. The van der Waals surface area contributed by atoms with Gasteiger partial charge in [-0.2, -0.15) is 0 Å². The highest BCUT2D eigenvalue weighted by Gasteiger charge is 2.22. The first kappa shape index (κ1) is 24.9. The first-order valence-corrected chi connectivity index (χ1v) is 12.6. The van der Waals surface area contributed by atoms with Gasteiger partial charge in [-0.25, -0.2) is 4.79 Å². The lowest BCUT2D eigenvalue weighted by atomic mass is 9.77. The Labute approximate surface area is 198 Å². The van der Waals surface area contributed by atoms with Gasteiger partial charge < -0.3 is 20.9 Å². The van der Waals surface area contributed by atoms with E-state index in [1.54, 1.807) is 18.2 Å². The number of esters is 1. The molecule has 0 heterocycles. The molecule has 1 atom stereocenters. The Balaban J connectivity index is 1.61. The van der Waals surface area contributed by atoms with Crippen LogP contribution < -0.4 is 16.2 Å². The number of unbranched alkanes of at least 4 members (excludes halogenated alkanes) is 2. The van der Waals surface area contributed by atoms with Gasteiger partial charge in [0.2, 0.25) is 6.29 Å². The lowest BCUT2D eigenvalue weighted by molar-refractivity contribution is -0.0533. The maximum atomic E-state index is 12.7. The molecule has 2 aromatic carbocycles. The number of hydrogen-bond donors (Lipinski definition) is 2. The van der Waals surface area contributed by atoms with Crippen LogP contribution in [0.5, 0.6) is 5.75 Å². The number of rotatable bonds is 11. The third-order valence-corrected chi connectivity index (χ3v) is 6.66. The van der Waals surface area contributed by atoms with E-state index in [-0.39, 0.29) is 0 Å². The summed E-state index contributed by atoms with van der Waals surface area (Å²) in [5.41, 5.74) is 14.2. The number of benzene rings is 2. The van der Waals surface area contributed by atoms with Crippen LogP contribution in [0, 0.1) is 5.92 Å². The van der Waals surface area contributed by atoms with E-state index in [0.717, 1.165) is 30.9 Å². The Morgan fingerprint density at radius 1 is 0.939 bits per heavy atom. The molecule has 0 bridgehead atoms. The van der Waals surface area contributed by atoms with Crippen molar-refractivity contribution in [2.45, 2.75) is 90.3 Å². The molecule has 180 valence electrons. The summed E-state index contributed by atoms with van der Waals surface area (Å²) in [4.78, 5) is 12.7. The average Bonchev–Trinajstić information content (AvgIpc) is 2.80. The van der Waals surface area contributed by atoms with Crippen LogP contribution in [0.4, 0.5) is 11.4 Å². The molecule has 5 heteroatoms. The molecule has 3 rings (SSSR count). The van der Waals surface area contributed by atoms with Gasteiger partial charge >= 0.3 is 5.97 Å². The van der Waals surface area contributed by atoms with Gasteiger partial charge in [0.1, 0.15) is 5.75 Å². The SMILES string of the molecule is CCCCCC(OC(=O)c1cc(N)cc(N)c1)Oc1ccc([C@H]2CC[C@H](CCC)CC2)cc1. The molecule has 0 aromatic heterocycles. The zero-order chi connectivity index (χ0) is 23.6. The molecule has 0 spiro atoms. The van der Waals surface area contributed by atoms with E-state index in [9.17, 15) is 4.79 Å². The maximum absolute atomic E-state index is 12.7. The second kappa shape index (κ2) is 12.5. The van der Waals surface area contributed by atoms with Crippen molar-refractivity contribution in [3.05, 3.63) is 53.6 Å². The van der Waals surface area contributed by atoms with Crippen molar-refractivity contribution >= 4 is 17.3 Å². The Hall–Kier alpha value is -2.69. The van der Waals surface area contributed by atoms with E-state index in [0.29, 0.717) is 29.3 Å². The predicted octanol–water partition coefficient (Wildman–Crippen LogP) is 7.07. The molecule has 0 radical (unpaired) electrons. The second-order valence-corrected chi connectivity index (χ2v) is 9.41. The minimum absolute atomic E-state index is 0.339. The molecule has 1 unspecified atom stereocenters. The van der Waals surface area contributed by atoms with Crippen LogP contribution in [0.25, 0.3) is 0 Å². The van der Waals surface area contributed by atoms with Crippen LogP contribution in [-0.4, -0.2) is 12.3 Å². The normalized spacial score (nSPS) is 19.1. The van der Waals surface area contributed by atoms with Gasteiger partial charge in [0, 0.05) is 17.8 Å². The third-order valence-electron chi connectivity index (χ3n) is 6.66. The summed E-state index contributed by atoms with van der Waals surface area (Å²) in [6.07, 6.45) is 10.9. The molecule has 1 saturated carbocycles. The highest BCUT2D eigenvalue weighted by atomic mass is 16.7. The summed E-state index contributed by atoms with van der Waals surface area (Å²) in [5.74, 6) is 1.79. The number of ether oxygens (including phenoxy) is 2. The van der Waals surface area contributed by atoms with Crippen molar-refractivity contribution in [1.29, 1.82) is 0 Å². The smallest absolute Gasteiger partial charge is 0.341 e. The van der Waals surface area contributed by atoms with Crippen molar-refractivity contribution in [2.75, 3.05) is 11.5 Å². The van der Waals surface area contributed by atoms with Gasteiger partial charge in [-0.05, 0) is 79.8 Å². The predicted molar refractivity (Wildman–Crippen MR) is 135 cm³/mol. The quantitative estimate of drug-likeness (QED) is 0.165.